The maximum atomic E-state index is 12.9. The average Bonchev–Trinajstić information content (AvgIpc) is 3.09. The molecule has 4 nitrogen and oxygen atoms in total. The SMILES string of the molecule is CNc1oc(-c2cc[nH]c2C)c(O)c1-c1cccc(C(F)(F)F)c1. The van der Waals surface area contributed by atoms with Gasteiger partial charge in [-0.25, -0.2) is 0 Å². The molecule has 0 aliphatic rings. The van der Waals surface area contributed by atoms with Crippen molar-refractivity contribution in [2.75, 3.05) is 12.4 Å². The Morgan fingerprint density at radius 1 is 1.21 bits per heavy atom. The largest absolute Gasteiger partial charge is 0.504 e. The molecule has 0 aliphatic heterocycles. The van der Waals surface area contributed by atoms with Gasteiger partial charge in [0.15, 0.2) is 11.5 Å². The van der Waals surface area contributed by atoms with Crippen LogP contribution in [-0.4, -0.2) is 17.1 Å². The lowest BCUT2D eigenvalue weighted by atomic mass is 10.0. The first-order valence-electron chi connectivity index (χ1n) is 7.18. The predicted molar refractivity (Wildman–Crippen MR) is 84.9 cm³/mol. The molecular formula is C17H15F3N2O2. The van der Waals surface area contributed by atoms with E-state index in [2.05, 4.69) is 10.3 Å². The number of anilines is 1. The second-order valence-corrected chi connectivity index (χ2v) is 5.33. The Kier molecular flexibility index (Phi) is 3.79. The molecule has 0 radical (unpaired) electrons. The third-order valence-corrected chi connectivity index (χ3v) is 3.79. The van der Waals surface area contributed by atoms with E-state index in [1.54, 1.807) is 26.2 Å². The summed E-state index contributed by atoms with van der Waals surface area (Å²) in [6.45, 7) is 1.81. The Bertz CT molecular complexity index is 878. The van der Waals surface area contributed by atoms with Crippen LogP contribution in [0.15, 0.2) is 40.9 Å². The summed E-state index contributed by atoms with van der Waals surface area (Å²) in [5.74, 6) is 0.189. The minimum absolute atomic E-state index is 0.194. The first-order chi connectivity index (χ1) is 11.3. The molecule has 0 aliphatic carbocycles. The van der Waals surface area contributed by atoms with Crippen LogP contribution in [0, 0.1) is 6.92 Å². The van der Waals surface area contributed by atoms with Crippen LogP contribution in [0.2, 0.25) is 0 Å². The van der Waals surface area contributed by atoms with E-state index in [1.165, 1.54) is 12.1 Å². The van der Waals surface area contributed by atoms with Crippen molar-refractivity contribution in [3.8, 4) is 28.2 Å². The topological polar surface area (TPSA) is 61.2 Å². The third kappa shape index (κ3) is 2.62. The minimum Gasteiger partial charge on any atom is -0.504 e. The zero-order chi connectivity index (χ0) is 17.5. The van der Waals surface area contributed by atoms with Crippen LogP contribution in [0.25, 0.3) is 22.5 Å². The van der Waals surface area contributed by atoms with Gasteiger partial charge in [-0.1, -0.05) is 12.1 Å². The molecule has 0 unspecified atom stereocenters. The van der Waals surface area contributed by atoms with Crippen LogP contribution in [0.5, 0.6) is 5.75 Å². The van der Waals surface area contributed by atoms with Gasteiger partial charge in [-0.05, 0) is 30.7 Å². The maximum absolute atomic E-state index is 12.9. The predicted octanol–water partition coefficient (Wildman–Crippen LogP) is 5.02. The molecule has 2 heterocycles. The van der Waals surface area contributed by atoms with Gasteiger partial charge in [-0.3, -0.25) is 0 Å². The van der Waals surface area contributed by atoms with Gasteiger partial charge in [-0.15, -0.1) is 0 Å². The minimum atomic E-state index is -4.46. The molecule has 0 bridgehead atoms. The van der Waals surface area contributed by atoms with Crippen LogP contribution in [0.4, 0.5) is 19.1 Å². The second-order valence-electron chi connectivity index (χ2n) is 5.33. The van der Waals surface area contributed by atoms with Crippen molar-refractivity contribution in [3.63, 3.8) is 0 Å². The van der Waals surface area contributed by atoms with E-state index in [9.17, 15) is 18.3 Å². The molecule has 0 atom stereocenters. The van der Waals surface area contributed by atoms with Crippen molar-refractivity contribution >= 4 is 5.88 Å². The molecule has 24 heavy (non-hydrogen) atoms. The number of aryl methyl sites for hydroxylation is 1. The van der Waals surface area contributed by atoms with E-state index in [1.807, 2.05) is 0 Å². The number of aromatic amines is 1. The zero-order valence-electron chi connectivity index (χ0n) is 13.0. The molecular weight excluding hydrogens is 321 g/mol. The van der Waals surface area contributed by atoms with Gasteiger partial charge in [0.05, 0.1) is 11.1 Å². The van der Waals surface area contributed by atoms with Crippen LogP contribution >= 0.6 is 0 Å². The standard InChI is InChI=1S/C17H15F3N2O2/c1-9-12(6-7-22-9)15-14(23)13(16(21-2)24-15)10-4-3-5-11(8-10)17(18,19)20/h3-8,21-23H,1-2H3. The third-order valence-electron chi connectivity index (χ3n) is 3.79. The molecule has 2 aromatic heterocycles. The van der Waals surface area contributed by atoms with E-state index in [0.717, 1.165) is 17.8 Å². The van der Waals surface area contributed by atoms with Crippen LogP contribution < -0.4 is 5.32 Å². The molecule has 1 aromatic carbocycles. The number of benzene rings is 1. The first-order valence-corrected chi connectivity index (χ1v) is 7.18. The number of nitrogens with one attached hydrogen (secondary N) is 2. The van der Waals surface area contributed by atoms with Gasteiger partial charge in [-0.2, -0.15) is 13.2 Å². The lowest BCUT2D eigenvalue weighted by molar-refractivity contribution is -0.137. The molecule has 3 N–H and O–H groups in total. The van der Waals surface area contributed by atoms with E-state index >= 15 is 0 Å². The van der Waals surface area contributed by atoms with Crippen molar-refractivity contribution in [1.82, 2.24) is 4.98 Å². The summed E-state index contributed by atoms with van der Waals surface area (Å²) in [5, 5.41) is 13.3. The number of H-pyrrole nitrogens is 1. The number of hydrogen-bond donors (Lipinski definition) is 3. The number of alkyl halides is 3. The summed E-state index contributed by atoms with van der Waals surface area (Å²) >= 11 is 0. The molecule has 0 saturated carbocycles. The lowest BCUT2D eigenvalue weighted by Crippen LogP contribution is -2.04. The van der Waals surface area contributed by atoms with Crippen LogP contribution in [0.1, 0.15) is 11.3 Å². The highest BCUT2D eigenvalue weighted by Crippen LogP contribution is 2.47. The Labute approximate surface area is 135 Å². The highest BCUT2D eigenvalue weighted by atomic mass is 19.4. The molecule has 126 valence electrons. The zero-order valence-corrected chi connectivity index (χ0v) is 13.0. The summed E-state index contributed by atoms with van der Waals surface area (Å²) < 4.78 is 44.5. The van der Waals surface area contributed by atoms with Crippen molar-refractivity contribution in [2.45, 2.75) is 13.1 Å². The number of hydrogen-bond acceptors (Lipinski definition) is 3. The first kappa shape index (κ1) is 16.0. The fraction of sp³-hybridized carbons (Fsp3) is 0.176. The Balaban J connectivity index is 2.19. The van der Waals surface area contributed by atoms with Crippen LogP contribution in [-0.2, 0) is 6.18 Å². The summed E-state index contributed by atoms with van der Waals surface area (Å²) in [7, 11) is 1.57. The number of furan rings is 1. The Hall–Kier alpha value is -2.83. The molecule has 3 aromatic rings. The fourth-order valence-corrected chi connectivity index (χ4v) is 2.60. The van der Waals surface area contributed by atoms with E-state index in [-0.39, 0.29) is 28.5 Å². The van der Waals surface area contributed by atoms with Gasteiger partial charge in [0.1, 0.15) is 0 Å². The van der Waals surface area contributed by atoms with E-state index in [0.29, 0.717) is 5.56 Å². The molecule has 0 fully saturated rings. The Morgan fingerprint density at radius 3 is 2.54 bits per heavy atom. The molecule has 3 rings (SSSR count). The lowest BCUT2D eigenvalue weighted by Gasteiger charge is -2.09. The van der Waals surface area contributed by atoms with Crippen LogP contribution in [0.3, 0.4) is 0 Å². The van der Waals surface area contributed by atoms with Gasteiger partial charge in [0.2, 0.25) is 5.88 Å². The quantitative estimate of drug-likeness (QED) is 0.629. The molecule has 0 amide bonds. The molecule has 7 heteroatoms. The van der Waals surface area contributed by atoms with Crippen molar-refractivity contribution in [2.24, 2.45) is 0 Å². The number of aromatic nitrogens is 1. The van der Waals surface area contributed by atoms with Crippen molar-refractivity contribution in [3.05, 3.63) is 47.8 Å². The highest BCUT2D eigenvalue weighted by molar-refractivity contribution is 5.87. The number of rotatable bonds is 3. The van der Waals surface area contributed by atoms with E-state index < -0.39 is 11.7 Å². The second kappa shape index (κ2) is 5.67. The van der Waals surface area contributed by atoms with Crippen molar-refractivity contribution < 1.29 is 22.7 Å². The van der Waals surface area contributed by atoms with E-state index in [4.69, 9.17) is 4.42 Å². The fourth-order valence-electron chi connectivity index (χ4n) is 2.60. The molecule has 0 spiro atoms. The summed E-state index contributed by atoms with van der Waals surface area (Å²) in [6.07, 6.45) is -2.77. The average molecular weight is 336 g/mol. The van der Waals surface area contributed by atoms with Gasteiger partial charge >= 0.3 is 6.18 Å². The van der Waals surface area contributed by atoms with Gasteiger partial charge in [0.25, 0.3) is 0 Å². The van der Waals surface area contributed by atoms with Gasteiger partial charge < -0.3 is 19.8 Å². The summed E-state index contributed by atoms with van der Waals surface area (Å²) in [4.78, 5) is 2.97. The summed E-state index contributed by atoms with van der Waals surface area (Å²) in [5.41, 5.74) is 1.04. The highest BCUT2D eigenvalue weighted by Gasteiger charge is 2.31. The normalized spacial score (nSPS) is 11.7. The number of halogens is 3. The Morgan fingerprint density at radius 2 is 1.96 bits per heavy atom. The van der Waals surface area contributed by atoms with Gasteiger partial charge in [0, 0.05) is 24.5 Å². The smallest absolute Gasteiger partial charge is 0.416 e. The monoisotopic (exact) mass is 336 g/mol. The molecule has 0 saturated heterocycles. The van der Waals surface area contributed by atoms with Crippen molar-refractivity contribution in [1.29, 1.82) is 0 Å². The summed E-state index contributed by atoms with van der Waals surface area (Å²) in [6, 6.07) is 6.49. The maximum Gasteiger partial charge on any atom is 0.416 e. The number of aromatic hydroxyl groups is 1.